The first-order chi connectivity index (χ1) is 8.84. The predicted molar refractivity (Wildman–Crippen MR) is 79.2 cm³/mol. The Hall–Kier alpha value is -0.870. The van der Waals surface area contributed by atoms with Crippen LogP contribution in [0, 0.1) is 13.8 Å². The summed E-state index contributed by atoms with van der Waals surface area (Å²) >= 11 is 0. The Morgan fingerprint density at radius 2 is 1.95 bits per heavy atom. The van der Waals surface area contributed by atoms with E-state index in [1.807, 2.05) is 13.8 Å². The molecule has 0 saturated carbocycles. The quantitative estimate of drug-likeness (QED) is 0.836. The molecule has 4 heteroatoms. The van der Waals surface area contributed by atoms with Gasteiger partial charge in [-0.25, -0.2) is 8.42 Å². The van der Waals surface area contributed by atoms with Crippen LogP contribution in [-0.4, -0.2) is 31.1 Å². The van der Waals surface area contributed by atoms with Crippen LogP contribution in [0.25, 0.3) is 0 Å². The maximum atomic E-state index is 11.4. The number of hydrogen-bond donors (Lipinski definition) is 1. The van der Waals surface area contributed by atoms with Crippen LogP contribution in [0.3, 0.4) is 0 Å². The smallest absolute Gasteiger partial charge is 0.150 e. The number of aliphatic hydroxyl groups excluding tert-OH is 1. The van der Waals surface area contributed by atoms with Crippen molar-refractivity contribution in [2.45, 2.75) is 46.1 Å². The van der Waals surface area contributed by atoms with Crippen molar-refractivity contribution in [2.24, 2.45) is 0 Å². The fourth-order valence-electron chi connectivity index (χ4n) is 2.06. The van der Waals surface area contributed by atoms with Crippen LogP contribution in [0.4, 0.5) is 0 Å². The fourth-order valence-corrected chi connectivity index (χ4v) is 2.95. The topological polar surface area (TPSA) is 54.4 Å². The fraction of sp³-hybridized carbons (Fsp3) is 0.600. The Labute approximate surface area is 116 Å². The molecular weight excluding hydrogens is 260 g/mol. The molecule has 1 rings (SSSR count). The van der Waals surface area contributed by atoms with Crippen LogP contribution in [0.5, 0.6) is 0 Å². The van der Waals surface area contributed by atoms with Gasteiger partial charge in [-0.2, -0.15) is 0 Å². The molecule has 0 heterocycles. The number of rotatable bonds is 7. The zero-order valence-electron chi connectivity index (χ0n) is 12.0. The van der Waals surface area contributed by atoms with Gasteiger partial charge < -0.3 is 5.11 Å². The van der Waals surface area contributed by atoms with Gasteiger partial charge >= 0.3 is 0 Å². The molecule has 0 saturated heterocycles. The van der Waals surface area contributed by atoms with Crippen LogP contribution < -0.4 is 0 Å². The van der Waals surface area contributed by atoms with Crippen molar-refractivity contribution in [3.63, 3.8) is 0 Å². The van der Waals surface area contributed by atoms with Gasteiger partial charge in [0, 0.05) is 5.75 Å². The molecule has 1 atom stereocenters. The van der Waals surface area contributed by atoms with Crippen LogP contribution in [-0.2, 0) is 16.3 Å². The van der Waals surface area contributed by atoms with E-state index in [1.165, 1.54) is 11.1 Å². The first-order valence-electron chi connectivity index (χ1n) is 6.78. The monoisotopic (exact) mass is 284 g/mol. The highest BCUT2D eigenvalue weighted by Gasteiger charge is 2.11. The average Bonchev–Trinajstić information content (AvgIpc) is 2.33. The lowest BCUT2D eigenvalue weighted by Gasteiger charge is -2.13. The van der Waals surface area contributed by atoms with Crippen molar-refractivity contribution in [3.8, 4) is 0 Å². The molecule has 108 valence electrons. The molecule has 0 radical (unpaired) electrons. The maximum Gasteiger partial charge on any atom is 0.150 e. The zero-order chi connectivity index (χ0) is 14.5. The van der Waals surface area contributed by atoms with E-state index in [-0.39, 0.29) is 11.5 Å². The van der Waals surface area contributed by atoms with Crippen LogP contribution in [0.1, 0.15) is 36.5 Å². The van der Waals surface area contributed by atoms with E-state index >= 15 is 0 Å². The van der Waals surface area contributed by atoms with Crippen molar-refractivity contribution >= 4 is 9.84 Å². The van der Waals surface area contributed by atoms with E-state index in [2.05, 4.69) is 18.2 Å². The number of sulfone groups is 1. The van der Waals surface area contributed by atoms with Gasteiger partial charge in [-0.05, 0) is 44.2 Å². The van der Waals surface area contributed by atoms with Gasteiger partial charge in [0.05, 0.1) is 11.9 Å². The van der Waals surface area contributed by atoms with Crippen LogP contribution >= 0.6 is 0 Å². The summed E-state index contributed by atoms with van der Waals surface area (Å²) in [6.45, 7) is 5.72. The van der Waals surface area contributed by atoms with E-state index in [0.717, 1.165) is 5.56 Å². The number of aliphatic hydroxyl groups is 1. The lowest BCUT2D eigenvalue weighted by atomic mass is 9.98. The lowest BCUT2D eigenvalue weighted by Crippen LogP contribution is -2.15. The number of aryl methyl sites for hydroxylation is 2. The predicted octanol–water partition coefficient (Wildman–Crippen LogP) is 2.42. The van der Waals surface area contributed by atoms with E-state index in [0.29, 0.717) is 19.3 Å². The normalized spacial score (nSPS) is 13.5. The summed E-state index contributed by atoms with van der Waals surface area (Å²) in [6.07, 6.45) is 1.20. The van der Waals surface area contributed by atoms with E-state index in [9.17, 15) is 13.5 Å². The Morgan fingerprint density at radius 1 is 1.26 bits per heavy atom. The van der Waals surface area contributed by atoms with Crippen LogP contribution in [0.15, 0.2) is 18.2 Å². The summed E-state index contributed by atoms with van der Waals surface area (Å²) < 4.78 is 22.7. The first-order valence-corrected chi connectivity index (χ1v) is 8.61. The summed E-state index contributed by atoms with van der Waals surface area (Å²) in [5.74, 6) is 0.355. The molecule has 19 heavy (non-hydrogen) atoms. The molecule has 0 amide bonds. The Kier molecular flexibility index (Phi) is 6.01. The van der Waals surface area contributed by atoms with Crippen molar-refractivity contribution in [3.05, 3.63) is 34.9 Å². The molecule has 1 N–H and O–H groups in total. The molecule has 0 fully saturated rings. The van der Waals surface area contributed by atoms with Crippen molar-refractivity contribution in [1.82, 2.24) is 0 Å². The molecule has 1 unspecified atom stereocenters. The Bertz CT molecular complexity index is 506. The van der Waals surface area contributed by atoms with Gasteiger partial charge in [-0.15, -0.1) is 0 Å². The highest BCUT2D eigenvalue weighted by molar-refractivity contribution is 7.91. The van der Waals surface area contributed by atoms with Crippen molar-refractivity contribution in [2.75, 3.05) is 11.5 Å². The second kappa shape index (κ2) is 7.06. The molecule has 1 aromatic rings. The summed E-state index contributed by atoms with van der Waals surface area (Å²) in [7, 11) is -2.91. The van der Waals surface area contributed by atoms with Crippen molar-refractivity contribution in [1.29, 1.82) is 0 Å². The van der Waals surface area contributed by atoms with Gasteiger partial charge in [-0.1, -0.05) is 30.7 Å². The molecule has 0 aliphatic rings. The van der Waals surface area contributed by atoms with E-state index in [4.69, 9.17) is 0 Å². The second-order valence-electron chi connectivity index (χ2n) is 5.17. The van der Waals surface area contributed by atoms with Gasteiger partial charge in [0.1, 0.15) is 9.84 Å². The van der Waals surface area contributed by atoms with Gasteiger partial charge in [-0.3, -0.25) is 0 Å². The molecule has 1 aromatic carbocycles. The SMILES string of the molecule is CCS(=O)(=O)CCCC(O)Cc1cc(C)ccc1C. The summed E-state index contributed by atoms with van der Waals surface area (Å²) in [4.78, 5) is 0. The molecule has 3 nitrogen and oxygen atoms in total. The van der Waals surface area contributed by atoms with E-state index in [1.54, 1.807) is 6.92 Å². The Balaban J connectivity index is 2.47. The van der Waals surface area contributed by atoms with Gasteiger partial charge in [0.15, 0.2) is 0 Å². The Morgan fingerprint density at radius 3 is 2.58 bits per heavy atom. The molecule has 0 bridgehead atoms. The molecule has 0 aromatic heterocycles. The maximum absolute atomic E-state index is 11.4. The lowest BCUT2D eigenvalue weighted by molar-refractivity contribution is 0.164. The summed E-state index contributed by atoms with van der Waals surface area (Å²) in [5, 5.41) is 9.99. The number of hydrogen-bond acceptors (Lipinski definition) is 3. The minimum Gasteiger partial charge on any atom is -0.393 e. The van der Waals surface area contributed by atoms with E-state index < -0.39 is 15.9 Å². The molecule has 0 aliphatic heterocycles. The standard InChI is InChI=1S/C15H24O3S/c1-4-19(17,18)9-5-6-15(16)11-14-10-12(2)7-8-13(14)3/h7-8,10,15-16H,4-6,9,11H2,1-3H3. The third-order valence-electron chi connectivity index (χ3n) is 3.39. The van der Waals surface area contributed by atoms with Crippen LogP contribution in [0.2, 0.25) is 0 Å². The molecular formula is C15H24O3S. The van der Waals surface area contributed by atoms with Crippen molar-refractivity contribution < 1.29 is 13.5 Å². The second-order valence-corrected chi connectivity index (χ2v) is 7.64. The minimum absolute atomic E-state index is 0.174. The highest BCUT2D eigenvalue weighted by atomic mass is 32.2. The zero-order valence-corrected chi connectivity index (χ0v) is 12.8. The average molecular weight is 284 g/mol. The third kappa shape index (κ3) is 5.74. The minimum atomic E-state index is -2.91. The number of benzene rings is 1. The third-order valence-corrected chi connectivity index (χ3v) is 5.18. The highest BCUT2D eigenvalue weighted by Crippen LogP contribution is 2.15. The summed E-state index contributed by atoms with van der Waals surface area (Å²) in [6, 6.07) is 6.19. The molecule has 0 aliphatic carbocycles. The summed E-state index contributed by atoms with van der Waals surface area (Å²) in [5.41, 5.74) is 3.50. The molecule has 0 spiro atoms. The first kappa shape index (κ1) is 16.2. The largest absolute Gasteiger partial charge is 0.393 e. The van der Waals surface area contributed by atoms with Gasteiger partial charge in [0.25, 0.3) is 0 Å². The van der Waals surface area contributed by atoms with Gasteiger partial charge in [0.2, 0.25) is 0 Å².